The molecule has 0 aromatic carbocycles. The fraction of sp³-hybridized carbons (Fsp3) is 1.00. The first-order valence-electron chi connectivity index (χ1n) is 6.56. The minimum absolute atomic E-state index is 0.0380. The molecule has 1 unspecified atom stereocenters. The average Bonchev–Trinajstić information content (AvgIpc) is 3.01. The highest BCUT2D eigenvalue weighted by Crippen LogP contribution is 2.25. The van der Waals surface area contributed by atoms with E-state index >= 15 is 0 Å². The summed E-state index contributed by atoms with van der Waals surface area (Å²) >= 11 is 2.03. The van der Waals surface area contributed by atoms with Gasteiger partial charge in [0.05, 0.1) is 6.61 Å². The third-order valence-corrected chi connectivity index (χ3v) is 4.24. The van der Waals surface area contributed by atoms with Gasteiger partial charge in [0.2, 0.25) is 0 Å². The molecule has 0 heterocycles. The minimum Gasteiger partial charge on any atom is -0.394 e. The van der Waals surface area contributed by atoms with Crippen LogP contribution in [0.5, 0.6) is 0 Å². The molecular formula is C13H27NOS. The highest BCUT2D eigenvalue weighted by atomic mass is 32.2. The first-order valence-corrected chi connectivity index (χ1v) is 7.61. The normalized spacial score (nSPS) is 20.1. The molecule has 2 N–H and O–H groups in total. The van der Waals surface area contributed by atoms with E-state index < -0.39 is 0 Å². The van der Waals surface area contributed by atoms with Crippen LogP contribution in [0.25, 0.3) is 0 Å². The summed E-state index contributed by atoms with van der Waals surface area (Å²) in [6.45, 7) is 6.91. The van der Waals surface area contributed by atoms with E-state index in [1.54, 1.807) is 0 Å². The van der Waals surface area contributed by atoms with Gasteiger partial charge in [-0.15, -0.1) is 0 Å². The van der Waals surface area contributed by atoms with E-state index in [-0.39, 0.29) is 12.1 Å². The number of rotatable bonds is 9. The fourth-order valence-corrected chi connectivity index (χ4v) is 2.70. The monoisotopic (exact) mass is 245 g/mol. The molecule has 1 rings (SSSR count). The van der Waals surface area contributed by atoms with Gasteiger partial charge in [0, 0.05) is 11.6 Å². The quantitative estimate of drug-likeness (QED) is 0.613. The van der Waals surface area contributed by atoms with Crippen LogP contribution in [0.2, 0.25) is 0 Å². The summed E-state index contributed by atoms with van der Waals surface area (Å²) in [6.07, 6.45) is 6.16. The second kappa shape index (κ2) is 6.87. The van der Waals surface area contributed by atoms with E-state index in [1.165, 1.54) is 31.4 Å². The highest BCUT2D eigenvalue weighted by Gasteiger charge is 2.31. The maximum Gasteiger partial charge on any atom is 0.0610 e. The minimum atomic E-state index is -0.0380. The summed E-state index contributed by atoms with van der Waals surface area (Å²) in [5.74, 6) is 1.25. The Morgan fingerprint density at radius 1 is 1.38 bits per heavy atom. The van der Waals surface area contributed by atoms with Gasteiger partial charge in [0.25, 0.3) is 0 Å². The van der Waals surface area contributed by atoms with E-state index in [0.717, 1.165) is 11.7 Å². The van der Waals surface area contributed by atoms with E-state index in [4.69, 9.17) is 0 Å². The molecule has 1 aliphatic carbocycles. The van der Waals surface area contributed by atoms with Crippen molar-refractivity contribution >= 4 is 11.8 Å². The van der Waals surface area contributed by atoms with E-state index in [2.05, 4.69) is 26.1 Å². The Morgan fingerprint density at radius 2 is 2.06 bits per heavy atom. The lowest BCUT2D eigenvalue weighted by Gasteiger charge is -2.29. The van der Waals surface area contributed by atoms with Gasteiger partial charge in [-0.1, -0.05) is 20.3 Å². The van der Waals surface area contributed by atoms with Crippen LogP contribution in [0.1, 0.15) is 52.9 Å². The molecule has 96 valence electrons. The third-order valence-electron chi connectivity index (χ3n) is 3.05. The SMILES string of the molecule is CC(C)SCCCCC(C)(CO)NC1CC1. The largest absolute Gasteiger partial charge is 0.394 e. The van der Waals surface area contributed by atoms with Gasteiger partial charge < -0.3 is 10.4 Å². The van der Waals surface area contributed by atoms with Crippen molar-refractivity contribution in [2.24, 2.45) is 0 Å². The third kappa shape index (κ3) is 6.12. The molecule has 1 atom stereocenters. The number of aliphatic hydroxyl groups excluding tert-OH is 1. The van der Waals surface area contributed by atoms with Crippen molar-refractivity contribution in [3.05, 3.63) is 0 Å². The first-order chi connectivity index (χ1) is 7.56. The summed E-state index contributed by atoms with van der Waals surface area (Å²) in [7, 11) is 0. The lowest BCUT2D eigenvalue weighted by molar-refractivity contribution is 0.161. The van der Waals surface area contributed by atoms with Gasteiger partial charge >= 0.3 is 0 Å². The summed E-state index contributed by atoms with van der Waals surface area (Å²) in [5.41, 5.74) is -0.0380. The Kier molecular flexibility index (Phi) is 6.16. The van der Waals surface area contributed by atoms with Crippen LogP contribution < -0.4 is 5.32 Å². The Morgan fingerprint density at radius 3 is 2.56 bits per heavy atom. The summed E-state index contributed by atoms with van der Waals surface area (Å²) < 4.78 is 0. The molecule has 3 heteroatoms. The zero-order valence-corrected chi connectivity index (χ0v) is 11.8. The van der Waals surface area contributed by atoms with Crippen LogP contribution in [-0.4, -0.2) is 34.3 Å². The summed E-state index contributed by atoms with van der Waals surface area (Å²) in [5, 5.41) is 13.7. The number of unbranched alkanes of at least 4 members (excludes halogenated alkanes) is 1. The Hall–Kier alpha value is 0.270. The molecule has 0 spiro atoms. The molecule has 0 aromatic heterocycles. The predicted octanol–water partition coefficient (Wildman–Crippen LogP) is 2.80. The summed E-state index contributed by atoms with van der Waals surface area (Å²) in [4.78, 5) is 0. The fourth-order valence-electron chi connectivity index (χ4n) is 1.85. The summed E-state index contributed by atoms with van der Waals surface area (Å²) in [6, 6.07) is 0.683. The second-order valence-corrected chi connectivity index (χ2v) is 7.20. The number of aliphatic hydroxyl groups is 1. The number of hydrogen-bond acceptors (Lipinski definition) is 3. The van der Waals surface area contributed by atoms with E-state index in [1.807, 2.05) is 11.8 Å². The standard InChI is InChI=1S/C13H27NOS/c1-11(2)16-9-5-4-8-13(3,10-15)14-12-6-7-12/h11-12,14-15H,4-10H2,1-3H3. The Bertz CT molecular complexity index is 194. The van der Waals surface area contributed by atoms with Crippen molar-refractivity contribution in [3.63, 3.8) is 0 Å². The second-order valence-electron chi connectivity index (χ2n) is 5.51. The first kappa shape index (κ1) is 14.3. The number of nitrogens with one attached hydrogen (secondary N) is 1. The van der Waals surface area contributed by atoms with Crippen LogP contribution in [-0.2, 0) is 0 Å². The Labute approximate surface area is 105 Å². The smallest absolute Gasteiger partial charge is 0.0610 e. The van der Waals surface area contributed by atoms with Gasteiger partial charge in [-0.05, 0) is 43.6 Å². The van der Waals surface area contributed by atoms with Crippen molar-refractivity contribution in [1.29, 1.82) is 0 Å². The molecule has 0 radical (unpaired) electrons. The van der Waals surface area contributed by atoms with Crippen molar-refractivity contribution in [2.75, 3.05) is 12.4 Å². The van der Waals surface area contributed by atoms with Gasteiger partial charge in [-0.2, -0.15) is 11.8 Å². The number of thioether (sulfide) groups is 1. The van der Waals surface area contributed by atoms with E-state index in [0.29, 0.717) is 6.04 Å². The topological polar surface area (TPSA) is 32.3 Å². The maximum absolute atomic E-state index is 9.44. The highest BCUT2D eigenvalue weighted by molar-refractivity contribution is 7.99. The van der Waals surface area contributed by atoms with Gasteiger partial charge in [-0.25, -0.2) is 0 Å². The van der Waals surface area contributed by atoms with Crippen molar-refractivity contribution in [1.82, 2.24) is 5.32 Å². The molecule has 1 aliphatic rings. The van der Waals surface area contributed by atoms with Crippen LogP contribution in [0.15, 0.2) is 0 Å². The number of hydrogen-bond donors (Lipinski definition) is 2. The maximum atomic E-state index is 9.44. The van der Waals surface area contributed by atoms with Crippen LogP contribution in [0, 0.1) is 0 Å². The van der Waals surface area contributed by atoms with Crippen molar-refractivity contribution in [3.8, 4) is 0 Å². The molecule has 16 heavy (non-hydrogen) atoms. The molecule has 0 bridgehead atoms. The van der Waals surface area contributed by atoms with Gasteiger partial charge in [0.15, 0.2) is 0 Å². The molecule has 1 saturated carbocycles. The lowest BCUT2D eigenvalue weighted by Crippen LogP contribution is -2.46. The lowest BCUT2D eigenvalue weighted by atomic mass is 9.96. The van der Waals surface area contributed by atoms with Crippen LogP contribution >= 0.6 is 11.8 Å². The molecule has 0 saturated heterocycles. The molecule has 0 aliphatic heterocycles. The van der Waals surface area contributed by atoms with Gasteiger partial charge in [0.1, 0.15) is 0 Å². The van der Waals surface area contributed by atoms with Crippen LogP contribution in [0.3, 0.4) is 0 Å². The molecular weight excluding hydrogens is 218 g/mol. The van der Waals surface area contributed by atoms with Crippen molar-refractivity contribution < 1.29 is 5.11 Å². The molecule has 1 fully saturated rings. The Balaban J connectivity index is 2.07. The molecule has 0 amide bonds. The van der Waals surface area contributed by atoms with Crippen molar-refractivity contribution in [2.45, 2.75) is 69.7 Å². The average molecular weight is 245 g/mol. The zero-order valence-electron chi connectivity index (χ0n) is 11.0. The molecule has 0 aromatic rings. The van der Waals surface area contributed by atoms with Crippen LogP contribution in [0.4, 0.5) is 0 Å². The van der Waals surface area contributed by atoms with E-state index in [9.17, 15) is 5.11 Å². The van der Waals surface area contributed by atoms with Gasteiger partial charge in [-0.3, -0.25) is 0 Å². The molecule has 2 nitrogen and oxygen atoms in total. The zero-order chi connectivity index (χ0) is 12.0. The predicted molar refractivity (Wildman–Crippen MR) is 73.1 cm³/mol.